The highest BCUT2D eigenvalue weighted by atomic mass is 35.5. The SMILES string of the molecule is O=C(Cc1ccccc1)NN1C(=O)/C(=C/c2ccc(-c3cc(C(F)(F)F)ccc3Cl)o2)SC1=S. The third kappa shape index (κ3) is 5.35. The third-order valence-electron chi connectivity index (χ3n) is 4.70. The normalized spacial score (nSPS) is 15.3. The van der Waals surface area contributed by atoms with Crippen molar-refractivity contribution in [2.75, 3.05) is 0 Å². The van der Waals surface area contributed by atoms with Gasteiger partial charge in [-0.15, -0.1) is 0 Å². The molecule has 0 unspecified atom stereocenters. The molecule has 1 aliphatic rings. The van der Waals surface area contributed by atoms with Gasteiger partial charge in [-0.25, -0.2) is 0 Å². The van der Waals surface area contributed by atoms with Crippen molar-refractivity contribution in [3.63, 3.8) is 0 Å². The number of rotatable bonds is 5. The Labute approximate surface area is 206 Å². The molecule has 2 heterocycles. The Morgan fingerprint density at radius 2 is 1.88 bits per heavy atom. The lowest BCUT2D eigenvalue weighted by molar-refractivity contribution is -0.137. The van der Waals surface area contributed by atoms with Gasteiger partial charge in [0.25, 0.3) is 5.91 Å². The van der Waals surface area contributed by atoms with Crippen LogP contribution in [-0.4, -0.2) is 21.1 Å². The minimum Gasteiger partial charge on any atom is -0.457 e. The van der Waals surface area contributed by atoms with Crippen LogP contribution in [0.5, 0.6) is 0 Å². The molecule has 11 heteroatoms. The number of alkyl halides is 3. The summed E-state index contributed by atoms with van der Waals surface area (Å²) in [5.74, 6) is -0.650. The average Bonchev–Trinajstić information content (AvgIpc) is 3.34. The predicted molar refractivity (Wildman–Crippen MR) is 127 cm³/mol. The van der Waals surface area contributed by atoms with Gasteiger partial charge in [-0.1, -0.05) is 53.7 Å². The molecule has 0 bridgehead atoms. The first-order chi connectivity index (χ1) is 16.1. The van der Waals surface area contributed by atoms with Gasteiger partial charge in [0.2, 0.25) is 5.91 Å². The standard InChI is InChI=1S/C23H14ClF3N2O3S2/c24-17-8-6-14(23(25,26)27)11-16(17)18-9-7-15(32-18)12-19-21(31)29(22(33)34-19)28-20(30)10-13-4-2-1-3-5-13/h1-9,11-12H,10H2,(H,28,30)/b19-12-. The number of hydrogen-bond donors (Lipinski definition) is 1. The van der Waals surface area contributed by atoms with E-state index in [9.17, 15) is 22.8 Å². The van der Waals surface area contributed by atoms with E-state index in [2.05, 4.69) is 5.43 Å². The van der Waals surface area contributed by atoms with Crippen molar-refractivity contribution in [2.24, 2.45) is 0 Å². The molecule has 0 atom stereocenters. The fraction of sp³-hybridized carbons (Fsp3) is 0.0870. The van der Waals surface area contributed by atoms with Gasteiger partial charge in [0.1, 0.15) is 11.5 Å². The summed E-state index contributed by atoms with van der Waals surface area (Å²) >= 11 is 12.2. The maximum Gasteiger partial charge on any atom is 0.416 e. The first-order valence-electron chi connectivity index (χ1n) is 9.70. The van der Waals surface area contributed by atoms with E-state index in [-0.39, 0.29) is 37.8 Å². The first kappa shape index (κ1) is 24.1. The number of hydrazine groups is 1. The number of halogens is 4. The lowest BCUT2D eigenvalue weighted by Crippen LogP contribution is -2.45. The Bertz CT molecular complexity index is 1310. The van der Waals surface area contributed by atoms with Crippen LogP contribution < -0.4 is 5.43 Å². The number of nitrogens with one attached hydrogen (secondary N) is 1. The molecule has 0 saturated carbocycles. The van der Waals surface area contributed by atoms with Crippen LogP contribution in [-0.2, 0) is 22.2 Å². The molecule has 5 nitrogen and oxygen atoms in total. The summed E-state index contributed by atoms with van der Waals surface area (Å²) in [6.07, 6.45) is -3.07. The first-order valence-corrected chi connectivity index (χ1v) is 11.3. The number of furan rings is 1. The van der Waals surface area contributed by atoms with Crippen molar-refractivity contribution in [3.8, 4) is 11.3 Å². The van der Waals surface area contributed by atoms with Gasteiger partial charge in [-0.05, 0) is 48.1 Å². The maximum absolute atomic E-state index is 13.0. The minimum atomic E-state index is -4.53. The lowest BCUT2D eigenvalue weighted by atomic mass is 10.1. The van der Waals surface area contributed by atoms with Crippen molar-refractivity contribution in [1.82, 2.24) is 10.4 Å². The number of nitrogens with zero attached hydrogens (tertiary/aromatic N) is 1. The molecule has 0 spiro atoms. The summed E-state index contributed by atoms with van der Waals surface area (Å²) in [6, 6.07) is 14.9. The van der Waals surface area contributed by atoms with Gasteiger partial charge < -0.3 is 4.42 Å². The summed E-state index contributed by atoms with van der Waals surface area (Å²) in [5.41, 5.74) is 2.47. The molecular weight excluding hydrogens is 509 g/mol. The van der Waals surface area contributed by atoms with Crippen LogP contribution in [0.4, 0.5) is 13.2 Å². The Hall–Kier alpha value is -3.08. The molecule has 0 radical (unpaired) electrons. The second-order valence-electron chi connectivity index (χ2n) is 7.11. The van der Waals surface area contributed by atoms with Crippen LogP contribution in [0.3, 0.4) is 0 Å². The van der Waals surface area contributed by atoms with Crippen molar-refractivity contribution >= 4 is 57.8 Å². The maximum atomic E-state index is 13.0. The molecule has 174 valence electrons. The summed E-state index contributed by atoms with van der Waals surface area (Å²) in [5, 5.41) is 1.06. The molecule has 0 aliphatic carbocycles. The summed E-state index contributed by atoms with van der Waals surface area (Å²) in [7, 11) is 0. The quantitative estimate of drug-likeness (QED) is 0.324. The van der Waals surface area contributed by atoms with Crippen molar-refractivity contribution in [1.29, 1.82) is 0 Å². The molecule has 3 aromatic rings. The molecule has 2 aromatic carbocycles. The molecule has 34 heavy (non-hydrogen) atoms. The Morgan fingerprint density at radius 1 is 1.15 bits per heavy atom. The number of carbonyl (C=O) groups excluding carboxylic acids is 2. The largest absolute Gasteiger partial charge is 0.457 e. The number of carbonyl (C=O) groups is 2. The Kier molecular flexibility index (Phi) is 6.83. The molecule has 1 fully saturated rings. The monoisotopic (exact) mass is 522 g/mol. The minimum absolute atomic E-state index is 0.0657. The van der Waals surface area contributed by atoms with E-state index in [0.717, 1.165) is 40.5 Å². The second-order valence-corrected chi connectivity index (χ2v) is 9.19. The second kappa shape index (κ2) is 9.65. The van der Waals surface area contributed by atoms with Crippen molar-refractivity contribution in [2.45, 2.75) is 12.6 Å². The average molecular weight is 523 g/mol. The zero-order valence-corrected chi connectivity index (χ0v) is 19.4. The summed E-state index contributed by atoms with van der Waals surface area (Å²) < 4.78 is 44.9. The number of amides is 2. The fourth-order valence-corrected chi connectivity index (χ4v) is 4.47. The molecule has 1 N–H and O–H groups in total. The number of thiocarbonyl (C=S) groups is 1. The van der Waals surface area contributed by atoms with Gasteiger partial charge in [0.15, 0.2) is 4.32 Å². The predicted octanol–water partition coefficient (Wildman–Crippen LogP) is 6.09. The van der Waals surface area contributed by atoms with Gasteiger partial charge in [0, 0.05) is 11.6 Å². The summed E-state index contributed by atoms with van der Waals surface area (Å²) in [4.78, 5) is 25.2. The van der Waals surface area contributed by atoms with Gasteiger partial charge in [0.05, 0.1) is 21.9 Å². The van der Waals surface area contributed by atoms with Crippen LogP contribution in [0.2, 0.25) is 5.02 Å². The molecule has 1 aliphatic heterocycles. The fourth-order valence-electron chi connectivity index (χ4n) is 3.10. The number of thioether (sulfide) groups is 1. The van der Waals surface area contributed by atoms with Gasteiger partial charge in [-0.3, -0.25) is 15.0 Å². The van der Waals surface area contributed by atoms with Crippen LogP contribution >= 0.6 is 35.6 Å². The van der Waals surface area contributed by atoms with E-state index in [0.29, 0.717) is 0 Å². The van der Waals surface area contributed by atoms with Gasteiger partial charge >= 0.3 is 6.18 Å². The van der Waals surface area contributed by atoms with Crippen LogP contribution in [0.25, 0.3) is 17.4 Å². The van der Waals surface area contributed by atoms with Crippen molar-refractivity contribution < 1.29 is 27.2 Å². The topological polar surface area (TPSA) is 62.6 Å². The van der Waals surface area contributed by atoms with E-state index in [1.54, 1.807) is 24.3 Å². The van der Waals surface area contributed by atoms with Crippen LogP contribution in [0, 0.1) is 0 Å². The molecule has 4 rings (SSSR count). The lowest BCUT2D eigenvalue weighted by Gasteiger charge is -2.15. The van der Waals surface area contributed by atoms with E-state index in [1.165, 1.54) is 18.2 Å². The summed E-state index contributed by atoms with van der Waals surface area (Å²) in [6.45, 7) is 0. The number of benzene rings is 2. The zero-order chi connectivity index (χ0) is 24.5. The van der Waals surface area contributed by atoms with Crippen LogP contribution in [0.15, 0.2) is 70.0 Å². The highest BCUT2D eigenvalue weighted by molar-refractivity contribution is 8.26. The molecule has 2 amide bonds. The van der Waals surface area contributed by atoms with E-state index >= 15 is 0 Å². The Balaban J connectivity index is 1.50. The third-order valence-corrected chi connectivity index (χ3v) is 6.33. The smallest absolute Gasteiger partial charge is 0.416 e. The van der Waals surface area contributed by atoms with Gasteiger partial charge in [-0.2, -0.15) is 18.2 Å². The van der Waals surface area contributed by atoms with E-state index in [4.69, 9.17) is 28.2 Å². The number of hydrogen-bond acceptors (Lipinski definition) is 5. The van der Waals surface area contributed by atoms with Crippen molar-refractivity contribution in [3.05, 3.63) is 87.5 Å². The zero-order valence-electron chi connectivity index (χ0n) is 17.1. The molecule has 1 aromatic heterocycles. The Morgan fingerprint density at radius 3 is 2.59 bits per heavy atom. The van der Waals surface area contributed by atoms with E-state index in [1.807, 2.05) is 6.07 Å². The molecule has 1 saturated heterocycles. The molecular formula is C23H14ClF3N2O3S2. The highest BCUT2D eigenvalue weighted by Crippen LogP contribution is 2.37. The highest BCUT2D eigenvalue weighted by Gasteiger charge is 2.34. The van der Waals surface area contributed by atoms with E-state index < -0.39 is 23.6 Å². The van der Waals surface area contributed by atoms with Crippen LogP contribution in [0.1, 0.15) is 16.9 Å².